The zero-order valence-corrected chi connectivity index (χ0v) is 44.5. The van der Waals surface area contributed by atoms with Gasteiger partial charge in [0, 0.05) is 62.1 Å². The number of hydrogen-bond donors (Lipinski definition) is 6. The highest BCUT2D eigenvalue weighted by atomic mass is 32.2. The Morgan fingerprint density at radius 2 is 1.66 bits per heavy atom. The van der Waals surface area contributed by atoms with Crippen LogP contribution >= 0.6 is 22.7 Å². The highest BCUT2D eigenvalue weighted by molar-refractivity contribution is 7.91. The van der Waals surface area contributed by atoms with Crippen LogP contribution < -0.4 is 36.3 Å². The third kappa shape index (κ3) is 14.3. The van der Waals surface area contributed by atoms with Gasteiger partial charge in [0.15, 0.2) is 18.1 Å². The molecule has 0 unspecified atom stereocenters. The summed E-state index contributed by atoms with van der Waals surface area (Å²) in [5.41, 5.74) is 5.51. The van der Waals surface area contributed by atoms with Gasteiger partial charge in [0.25, 0.3) is 11.5 Å². The molecule has 2 aliphatic rings. The van der Waals surface area contributed by atoms with E-state index in [-0.39, 0.29) is 99.1 Å². The average Bonchev–Trinajstić information content (AvgIpc) is 4.12. The number of carbonyl (C=O) groups is 3. The summed E-state index contributed by atoms with van der Waals surface area (Å²) in [5.74, 6) is 0.0734. The molecule has 0 bridgehead atoms. The number of amidine groups is 1. The number of sulfone groups is 1. The number of aryl methyl sites for hydroxylation is 2. The third-order valence-electron chi connectivity index (χ3n) is 12.8. The van der Waals surface area contributed by atoms with Crippen molar-refractivity contribution in [2.45, 2.75) is 77.7 Å². The molecule has 2 saturated heterocycles. The first-order chi connectivity index (χ1) is 34.8. The van der Waals surface area contributed by atoms with E-state index in [1.165, 1.54) is 27.9 Å². The average molecular weight is 1060 g/mol. The molecule has 3 atom stereocenters. The van der Waals surface area contributed by atoms with E-state index in [2.05, 4.69) is 26.3 Å². The number of benzene rings is 2. The van der Waals surface area contributed by atoms with Gasteiger partial charge in [-0.3, -0.25) is 24.6 Å². The van der Waals surface area contributed by atoms with Crippen LogP contribution in [-0.2, 0) is 47.3 Å². The molecule has 5 aromatic rings. The smallest absolute Gasteiger partial charge is 0.259 e. The second-order valence-electron chi connectivity index (χ2n) is 19.3. The van der Waals surface area contributed by atoms with Gasteiger partial charge in [-0.1, -0.05) is 51.1 Å². The maximum Gasteiger partial charge on any atom is 0.259 e. The van der Waals surface area contributed by atoms with E-state index < -0.39 is 33.4 Å². The number of carbonyl (C=O) groups excluding carboxylic acids is 3. The number of amides is 3. The van der Waals surface area contributed by atoms with Gasteiger partial charge < -0.3 is 54.8 Å². The predicted octanol–water partition coefficient (Wildman–Crippen LogP) is 4.01. The summed E-state index contributed by atoms with van der Waals surface area (Å²) in [5, 5.41) is 31.9. The lowest BCUT2D eigenvalue weighted by atomic mass is 9.85. The van der Waals surface area contributed by atoms with Crippen molar-refractivity contribution in [2.75, 3.05) is 71.3 Å². The van der Waals surface area contributed by atoms with E-state index in [9.17, 15) is 32.7 Å². The lowest BCUT2D eigenvalue weighted by Gasteiger charge is -2.35. The number of thiophene rings is 1. The Kier molecular flexibility index (Phi) is 18.5. The number of nitrogens with zero attached hydrogens (tertiary/aromatic N) is 3. The van der Waals surface area contributed by atoms with Crippen molar-refractivity contribution in [3.05, 3.63) is 86.7 Å². The van der Waals surface area contributed by atoms with Gasteiger partial charge in [-0.05, 0) is 60.1 Å². The van der Waals surface area contributed by atoms with Crippen LogP contribution in [0.3, 0.4) is 0 Å². The van der Waals surface area contributed by atoms with Gasteiger partial charge in [-0.25, -0.2) is 13.4 Å². The maximum absolute atomic E-state index is 14.0. The summed E-state index contributed by atoms with van der Waals surface area (Å²) in [6.45, 7) is 9.57. The lowest BCUT2D eigenvalue weighted by molar-refractivity contribution is -0.142. The van der Waals surface area contributed by atoms with Crippen LogP contribution in [0.4, 0.5) is 0 Å². The number of pyridine rings is 1. The Morgan fingerprint density at radius 1 is 0.959 bits per heavy atom. The largest absolute Gasteiger partial charge is 0.493 e. The van der Waals surface area contributed by atoms with Gasteiger partial charge in [0.05, 0.1) is 83.5 Å². The molecule has 5 heterocycles. The van der Waals surface area contributed by atoms with Crippen molar-refractivity contribution in [1.82, 2.24) is 35.7 Å². The minimum atomic E-state index is -3.05. The molecule has 0 aliphatic carbocycles. The minimum absolute atomic E-state index is 0.0652. The summed E-state index contributed by atoms with van der Waals surface area (Å²) in [4.78, 5) is 60.8. The molecule has 2 aromatic carbocycles. The molecule has 394 valence electrons. The molecule has 3 aromatic heterocycles. The SMILES string of the molecule is COc1cc(-c2cn(C)c(=O)c3cc(C(=N)NC4CCS(=O)(=O)CC4)sc23)ccc1OCC(=O)NCCOCCOCCN[C@H](C(=O)N1C[C@H](O)C[C@H]1C(=O)NCc1ccc(-c2scnc2C)cc1)C(C)(C)C. The van der Waals surface area contributed by atoms with Crippen molar-refractivity contribution in [2.24, 2.45) is 12.5 Å². The van der Waals surface area contributed by atoms with Crippen LogP contribution in [0.2, 0.25) is 0 Å². The summed E-state index contributed by atoms with van der Waals surface area (Å²) in [6, 6.07) is 13.3. The van der Waals surface area contributed by atoms with Crippen LogP contribution in [0, 0.1) is 17.7 Å². The maximum atomic E-state index is 14.0. The molecule has 19 nitrogen and oxygen atoms in total. The molecule has 0 spiro atoms. The first kappa shape index (κ1) is 55.0. The highest BCUT2D eigenvalue weighted by Crippen LogP contribution is 2.38. The zero-order chi connectivity index (χ0) is 52.5. The van der Waals surface area contributed by atoms with Gasteiger partial charge >= 0.3 is 0 Å². The van der Waals surface area contributed by atoms with Gasteiger partial charge in [0.2, 0.25) is 11.8 Å². The number of nitrogens with one attached hydrogen (secondary N) is 5. The highest BCUT2D eigenvalue weighted by Gasteiger charge is 2.43. The Balaban J connectivity index is 0.800. The number of thiazole rings is 1. The number of aromatic nitrogens is 2. The molecule has 2 fully saturated rings. The van der Waals surface area contributed by atoms with Crippen molar-refractivity contribution < 1.29 is 46.9 Å². The quantitative estimate of drug-likeness (QED) is 0.0326. The number of likely N-dealkylation sites (tertiary alicyclic amines) is 1. The summed E-state index contributed by atoms with van der Waals surface area (Å²) >= 11 is 2.88. The number of rotatable bonds is 22. The Hall–Kier alpha value is -5.75. The number of aliphatic hydroxyl groups is 1. The van der Waals surface area contributed by atoms with Gasteiger partial charge in [0.1, 0.15) is 21.7 Å². The lowest BCUT2D eigenvalue weighted by Crippen LogP contribution is -2.57. The topological polar surface area (TPSA) is 253 Å². The second kappa shape index (κ2) is 24.5. The molecule has 6 N–H and O–H groups in total. The second-order valence-corrected chi connectivity index (χ2v) is 23.5. The van der Waals surface area contributed by atoms with Crippen molar-refractivity contribution in [3.8, 4) is 33.1 Å². The van der Waals surface area contributed by atoms with Crippen LogP contribution in [0.25, 0.3) is 31.7 Å². The molecule has 2 aliphatic heterocycles. The van der Waals surface area contributed by atoms with E-state index in [1.54, 1.807) is 48.8 Å². The number of methoxy groups -OCH3 is 1. The Bertz CT molecular complexity index is 2920. The van der Waals surface area contributed by atoms with Crippen LogP contribution in [-0.4, -0.2) is 147 Å². The third-order valence-corrected chi connectivity index (χ3v) is 16.7. The normalized spacial score (nSPS) is 17.3. The molecular weight excluding hydrogens is 997 g/mol. The molecule has 0 saturated carbocycles. The summed E-state index contributed by atoms with van der Waals surface area (Å²) in [7, 11) is 0.105. The van der Waals surface area contributed by atoms with E-state index >= 15 is 0 Å². The van der Waals surface area contributed by atoms with Crippen molar-refractivity contribution in [1.29, 1.82) is 5.41 Å². The molecular formula is C51H66N8O11S3. The number of hydrogen-bond acceptors (Lipinski definition) is 16. The van der Waals surface area contributed by atoms with Crippen LogP contribution in [0.5, 0.6) is 11.5 Å². The summed E-state index contributed by atoms with van der Waals surface area (Å²) in [6.07, 6.45) is 1.91. The van der Waals surface area contributed by atoms with Gasteiger partial charge in [-0.15, -0.1) is 22.7 Å². The Morgan fingerprint density at radius 3 is 2.33 bits per heavy atom. The standard InChI is InChI=1S/C51H66N8O11S3/c1-31-44(71-30-56-31)33-9-7-32(8-10-33)26-55-48(62)39-24-36(60)27-59(39)50(64)46(51(2,3)4)54-16-18-69-20-19-68-17-15-53-43(61)29-70-40-12-11-34(23-41(40)67-6)38-28-58(5)49(63)37-25-42(72-45(37)38)47(52)57-35-13-21-73(65,66)22-14-35/h7-12,23,25,28,30,35-36,39,46,54,60H,13-22,24,26-27,29H2,1-6H3,(H2,52,57)(H,53,61)(H,55,62)/t36-,39+,46-/m1/s1. The minimum Gasteiger partial charge on any atom is -0.493 e. The van der Waals surface area contributed by atoms with E-state index in [0.717, 1.165) is 32.8 Å². The monoisotopic (exact) mass is 1060 g/mol. The van der Waals surface area contributed by atoms with E-state index in [0.29, 0.717) is 52.5 Å². The fourth-order valence-electron chi connectivity index (χ4n) is 8.79. The van der Waals surface area contributed by atoms with Crippen molar-refractivity contribution >= 4 is 66.2 Å². The predicted molar refractivity (Wildman–Crippen MR) is 282 cm³/mol. The van der Waals surface area contributed by atoms with Crippen molar-refractivity contribution in [3.63, 3.8) is 0 Å². The number of ether oxygens (including phenoxy) is 4. The molecule has 7 rings (SSSR count). The number of fused-ring (bicyclic) bond motifs is 1. The first-order valence-electron chi connectivity index (χ1n) is 24.2. The molecule has 0 radical (unpaired) electrons. The Labute approximate surface area is 433 Å². The van der Waals surface area contributed by atoms with Crippen LogP contribution in [0.1, 0.15) is 56.2 Å². The van der Waals surface area contributed by atoms with Crippen LogP contribution in [0.15, 0.2) is 65.0 Å². The first-order valence-corrected chi connectivity index (χ1v) is 27.7. The fraction of sp³-hybridized carbons (Fsp3) is 0.490. The van der Waals surface area contributed by atoms with Gasteiger partial charge in [-0.2, -0.15) is 0 Å². The molecule has 73 heavy (non-hydrogen) atoms. The van der Waals surface area contributed by atoms with E-state index in [4.69, 9.17) is 24.4 Å². The van der Waals surface area contributed by atoms with E-state index in [1.807, 2.05) is 57.5 Å². The molecule has 3 amide bonds. The number of β-amino-alcohol motifs (C(OH)–C–C–N with tert-alkyl or cyclic N) is 1. The fourth-order valence-corrected chi connectivity index (χ4v) is 12.2. The summed E-state index contributed by atoms with van der Waals surface area (Å²) < 4.78 is 48.8. The number of aliphatic hydroxyl groups excluding tert-OH is 1. The molecule has 22 heteroatoms. The zero-order valence-electron chi connectivity index (χ0n) is 42.1.